The first kappa shape index (κ1) is 19.1. The van der Waals surface area contributed by atoms with E-state index in [4.69, 9.17) is 4.89 Å². The van der Waals surface area contributed by atoms with E-state index in [0.29, 0.717) is 6.16 Å². The molecule has 0 aliphatic rings. The summed E-state index contributed by atoms with van der Waals surface area (Å²) in [5.41, 5.74) is 0. The molecule has 0 aliphatic heterocycles. The minimum atomic E-state index is -1.89. The Morgan fingerprint density at radius 3 is 1.26 bits per heavy atom. The topological polar surface area (TPSA) is 37.3 Å². The lowest BCUT2D eigenvalue weighted by molar-refractivity contribution is 0.497. The fourth-order valence-corrected chi connectivity index (χ4v) is 2.94. The third-order valence-corrected chi connectivity index (χ3v) is 4.40. The fraction of sp³-hybridized carbons (Fsp3) is 1.00. The summed E-state index contributed by atoms with van der Waals surface area (Å²) in [5.74, 6) is 0. The van der Waals surface area contributed by atoms with Gasteiger partial charge in [-0.2, -0.15) is 4.89 Å². The quantitative estimate of drug-likeness (QED) is 0.288. The van der Waals surface area contributed by atoms with Gasteiger partial charge in [-0.05, 0) is 17.4 Å². The Hall–Kier alpha value is 0.0600. The van der Waals surface area contributed by atoms with Crippen molar-refractivity contribution in [1.29, 1.82) is 0 Å². The molecule has 1 N–H and O–H groups in total. The van der Waals surface area contributed by atoms with Crippen LogP contribution in [0.3, 0.4) is 0 Å². The van der Waals surface area contributed by atoms with Gasteiger partial charge in [0.2, 0.25) is 0 Å². The normalized spacial score (nSPS) is 11.8. The van der Waals surface area contributed by atoms with Crippen molar-refractivity contribution in [2.45, 2.75) is 96.8 Å². The van der Waals surface area contributed by atoms with Crippen molar-refractivity contribution in [1.82, 2.24) is 0 Å². The predicted molar refractivity (Wildman–Crippen MR) is 85.0 cm³/mol. The highest BCUT2D eigenvalue weighted by Gasteiger charge is 2.07. The molecule has 0 radical (unpaired) electrons. The van der Waals surface area contributed by atoms with Crippen LogP contribution in [0.1, 0.15) is 96.8 Å². The van der Waals surface area contributed by atoms with Crippen LogP contribution in [0.25, 0.3) is 0 Å². The second-order valence-corrected chi connectivity index (χ2v) is 6.82. The summed E-state index contributed by atoms with van der Waals surface area (Å²) >= 11 is 0. The van der Waals surface area contributed by atoms with Crippen molar-refractivity contribution in [2.24, 2.45) is 0 Å². The van der Waals surface area contributed by atoms with Crippen LogP contribution in [0, 0.1) is 0 Å². The molecule has 0 amide bonds. The molecule has 0 aromatic heterocycles. The molecule has 0 bridgehead atoms. The molecule has 1 unspecified atom stereocenters. The molecule has 0 spiro atoms. The summed E-state index contributed by atoms with van der Waals surface area (Å²) in [6, 6.07) is 0. The van der Waals surface area contributed by atoms with E-state index >= 15 is 0 Å². The lowest BCUT2D eigenvalue weighted by Gasteiger charge is -2.02. The van der Waals surface area contributed by atoms with Gasteiger partial charge < -0.3 is 0 Å². The minimum absolute atomic E-state index is 0.493. The highest BCUT2D eigenvalue weighted by atomic mass is 31.1. The van der Waals surface area contributed by atoms with Crippen molar-refractivity contribution in [2.75, 3.05) is 6.16 Å². The number of unbranched alkanes of at least 4 members (excludes halogenated alkanes) is 13. The van der Waals surface area contributed by atoms with E-state index in [-0.39, 0.29) is 0 Å². The van der Waals surface area contributed by atoms with Crippen molar-refractivity contribution in [3.8, 4) is 0 Å². The van der Waals surface area contributed by atoms with Gasteiger partial charge in [-0.15, -0.1) is 0 Å². The van der Waals surface area contributed by atoms with Crippen LogP contribution in [0.2, 0.25) is 0 Å². The fourth-order valence-electron chi connectivity index (χ4n) is 2.44. The second-order valence-electron chi connectivity index (χ2n) is 5.67. The van der Waals surface area contributed by atoms with Crippen molar-refractivity contribution in [3.05, 3.63) is 0 Å². The van der Waals surface area contributed by atoms with Gasteiger partial charge in [0.25, 0.3) is 0 Å². The average Bonchev–Trinajstić information content (AvgIpc) is 2.39. The number of rotatable bonds is 15. The minimum Gasteiger partial charge on any atom is -0.161 e. The van der Waals surface area contributed by atoms with Crippen molar-refractivity contribution < 1.29 is 9.46 Å². The predicted octanol–water partition coefficient (Wildman–Crippen LogP) is 6.20. The molecule has 0 aromatic rings. The molecule has 1 atom stereocenters. The van der Waals surface area contributed by atoms with Crippen LogP contribution in [0.5, 0.6) is 0 Å². The molecule has 0 saturated carbocycles. The van der Waals surface area contributed by atoms with Gasteiger partial charge in [0.05, 0.1) is 0 Å². The zero-order chi connectivity index (χ0) is 14.2. The van der Waals surface area contributed by atoms with E-state index < -0.39 is 8.03 Å². The molecule has 2 nitrogen and oxygen atoms in total. The zero-order valence-electron chi connectivity index (χ0n) is 12.9. The van der Waals surface area contributed by atoms with E-state index in [1.54, 1.807) is 0 Å². The third-order valence-electron chi connectivity index (χ3n) is 3.70. The third kappa shape index (κ3) is 18.1. The summed E-state index contributed by atoms with van der Waals surface area (Å²) in [6.07, 6.45) is 19.1. The lowest BCUT2D eigenvalue weighted by Crippen LogP contribution is -1.84. The molecule has 0 aromatic carbocycles. The molecule has 0 heterocycles. The second kappa shape index (κ2) is 16.1. The van der Waals surface area contributed by atoms with E-state index in [1.165, 1.54) is 77.0 Å². The molecule has 0 fully saturated rings. The lowest BCUT2D eigenvalue weighted by atomic mass is 10.0. The van der Waals surface area contributed by atoms with Crippen LogP contribution >= 0.6 is 8.03 Å². The number of hydrogen-bond acceptors (Lipinski definition) is 1. The smallest absolute Gasteiger partial charge is 0.161 e. The molecule has 19 heavy (non-hydrogen) atoms. The van der Waals surface area contributed by atoms with Gasteiger partial charge in [-0.1, -0.05) is 84.0 Å². The Kier molecular flexibility index (Phi) is 16.2. The van der Waals surface area contributed by atoms with Crippen LogP contribution in [-0.4, -0.2) is 11.1 Å². The Balaban J connectivity index is 2.93. The summed E-state index contributed by atoms with van der Waals surface area (Å²) in [4.78, 5) is 8.65. The first-order valence-corrected chi connectivity index (χ1v) is 9.80. The Bertz CT molecular complexity index is 195. The zero-order valence-corrected chi connectivity index (χ0v) is 13.8. The van der Waals surface area contributed by atoms with Gasteiger partial charge in [-0.3, -0.25) is 0 Å². The molecule has 114 valence electrons. The highest BCUT2D eigenvalue weighted by molar-refractivity contribution is 7.37. The summed E-state index contributed by atoms with van der Waals surface area (Å²) < 4.78 is 10.5. The Morgan fingerprint density at radius 2 is 0.947 bits per heavy atom. The van der Waals surface area contributed by atoms with Crippen LogP contribution < -0.4 is 0 Å². The van der Waals surface area contributed by atoms with E-state index in [1.807, 2.05) is 0 Å². The van der Waals surface area contributed by atoms with Crippen LogP contribution in [0.4, 0.5) is 0 Å². The molecule has 0 saturated heterocycles. The Labute approximate surface area is 121 Å². The van der Waals surface area contributed by atoms with Crippen LogP contribution in [0.15, 0.2) is 0 Å². The Morgan fingerprint density at radius 1 is 0.632 bits per heavy atom. The van der Waals surface area contributed by atoms with Crippen LogP contribution in [-0.2, 0) is 4.57 Å². The van der Waals surface area contributed by atoms with Gasteiger partial charge >= 0.3 is 8.03 Å². The standard InChI is InChI=1S/C16H33O2P/c1-2-3-4-5-6-7-8-9-10-11-12-13-14-15-16-19(17)18/h2-16H2,1H3/p+1. The average molecular weight is 289 g/mol. The molecule has 3 heteroatoms. The first-order valence-electron chi connectivity index (χ1n) is 8.41. The summed E-state index contributed by atoms with van der Waals surface area (Å²) in [5, 5.41) is 0. The molecule has 0 rings (SSSR count). The van der Waals surface area contributed by atoms with E-state index in [9.17, 15) is 4.57 Å². The largest absolute Gasteiger partial charge is 0.505 e. The summed E-state index contributed by atoms with van der Waals surface area (Å²) in [6.45, 7) is 2.27. The van der Waals surface area contributed by atoms with E-state index in [2.05, 4.69) is 6.92 Å². The molecule has 0 aliphatic carbocycles. The van der Waals surface area contributed by atoms with Crippen molar-refractivity contribution in [3.63, 3.8) is 0 Å². The van der Waals surface area contributed by atoms with Crippen molar-refractivity contribution >= 4 is 8.03 Å². The maximum Gasteiger partial charge on any atom is 0.505 e. The maximum absolute atomic E-state index is 10.5. The maximum atomic E-state index is 10.5. The van der Waals surface area contributed by atoms with E-state index in [0.717, 1.165) is 12.8 Å². The van der Waals surface area contributed by atoms with Gasteiger partial charge in [-0.25, -0.2) is 0 Å². The monoisotopic (exact) mass is 289 g/mol. The summed E-state index contributed by atoms with van der Waals surface area (Å²) in [7, 11) is -1.89. The van der Waals surface area contributed by atoms with Gasteiger partial charge in [0.1, 0.15) is 0 Å². The van der Waals surface area contributed by atoms with Gasteiger partial charge in [0, 0.05) is 0 Å². The molecular weight excluding hydrogens is 255 g/mol. The SMILES string of the molecule is CCCCCCCCCCCCCCCC[P+](=O)O. The molecular formula is C16H34O2P+. The van der Waals surface area contributed by atoms with Gasteiger partial charge in [0.15, 0.2) is 6.16 Å². The number of hydrogen-bond donors (Lipinski definition) is 1. The first-order chi connectivity index (χ1) is 9.27. The highest BCUT2D eigenvalue weighted by Crippen LogP contribution is 2.17.